The van der Waals surface area contributed by atoms with E-state index < -0.39 is 0 Å². The van der Waals surface area contributed by atoms with Gasteiger partial charge in [-0.1, -0.05) is 11.3 Å². The summed E-state index contributed by atoms with van der Waals surface area (Å²) in [6, 6.07) is 0.605. The summed E-state index contributed by atoms with van der Waals surface area (Å²) in [5.41, 5.74) is 1.19. The Hall–Kier alpha value is -0.610. The first kappa shape index (κ1) is 11.5. The second-order valence-corrected chi connectivity index (χ2v) is 6.34. The summed E-state index contributed by atoms with van der Waals surface area (Å²) < 4.78 is 0. The second-order valence-electron chi connectivity index (χ2n) is 5.28. The highest BCUT2D eigenvalue weighted by Gasteiger charge is 2.31. The molecule has 0 aromatic carbocycles. The molecule has 17 heavy (non-hydrogen) atoms. The van der Waals surface area contributed by atoms with Gasteiger partial charge in [0.2, 0.25) is 0 Å². The number of thiazole rings is 1. The van der Waals surface area contributed by atoms with Gasteiger partial charge < -0.3 is 10.0 Å². The Bertz CT molecular complexity index is 400. The number of aliphatic hydroxyl groups is 1. The Balaban J connectivity index is 1.86. The molecule has 1 unspecified atom stereocenters. The fourth-order valence-electron chi connectivity index (χ4n) is 2.64. The van der Waals surface area contributed by atoms with Crippen molar-refractivity contribution in [2.24, 2.45) is 0 Å². The number of nitrogens with zero attached hydrogens (tertiary/aromatic N) is 2. The maximum absolute atomic E-state index is 9.42. The minimum Gasteiger partial charge on any atom is -0.391 e. The average Bonchev–Trinajstić information content (AvgIpc) is 3.10. The summed E-state index contributed by atoms with van der Waals surface area (Å²) in [5.74, 6) is 0.641. The molecule has 1 saturated carbocycles. The molecular formula is C13H20N2OS. The highest BCUT2D eigenvalue weighted by molar-refractivity contribution is 7.15. The van der Waals surface area contributed by atoms with E-state index in [0.717, 1.165) is 16.6 Å². The first-order valence-corrected chi connectivity index (χ1v) is 7.48. The van der Waals surface area contributed by atoms with Crippen LogP contribution in [0.5, 0.6) is 0 Å². The predicted octanol–water partition coefficient (Wildman–Crippen LogP) is 2.89. The summed E-state index contributed by atoms with van der Waals surface area (Å²) in [6.07, 6.45) is 6.40. The number of rotatable bonds is 3. The molecule has 3 nitrogen and oxygen atoms in total. The number of aromatic nitrogens is 1. The van der Waals surface area contributed by atoms with Crippen LogP contribution >= 0.6 is 11.3 Å². The summed E-state index contributed by atoms with van der Waals surface area (Å²) >= 11 is 1.70. The van der Waals surface area contributed by atoms with Crippen LogP contribution in [-0.2, 0) is 6.61 Å². The van der Waals surface area contributed by atoms with Crippen molar-refractivity contribution in [2.75, 3.05) is 11.4 Å². The maximum Gasteiger partial charge on any atom is 0.186 e. The Kier molecular flexibility index (Phi) is 3.09. The monoisotopic (exact) mass is 252 g/mol. The first-order chi connectivity index (χ1) is 8.29. The molecule has 0 radical (unpaired) electrons. The molecule has 0 bridgehead atoms. The first-order valence-electron chi connectivity index (χ1n) is 6.66. The van der Waals surface area contributed by atoms with Crippen LogP contribution in [0.4, 0.5) is 5.13 Å². The van der Waals surface area contributed by atoms with Crippen LogP contribution in [0.1, 0.15) is 55.5 Å². The van der Waals surface area contributed by atoms with Gasteiger partial charge in [0.25, 0.3) is 0 Å². The average molecular weight is 252 g/mol. The van der Waals surface area contributed by atoms with E-state index in [0.29, 0.717) is 12.0 Å². The SMILES string of the molecule is CC1CCCCN1c1nc(C2CC2)c(CO)s1. The molecule has 1 aliphatic heterocycles. The summed E-state index contributed by atoms with van der Waals surface area (Å²) in [7, 11) is 0. The van der Waals surface area contributed by atoms with E-state index in [2.05, 4.69) is 11.8 Å². The lowest BCUT2D eigenvalue weighted by Gasteiger charge is -2.33. The number of hydrogen-bond donors (Lipinski definition) is 1. The minimum atomic E-state index is 0.158. The van der Waals surface area contributed by atoms with Crippen molar-refractivity contribution in [1.82, 2.24) is 4.98 Å². The Morgan fingerprint density at radius 1 is 1.35 bits per heavy atom. The van der Waals surface area contributed by atoms with Crippen LogP contribution in [0.3, 0.4) is 0 Å². The number of hydrogen-bond acceptors (Lipinski definition) is 4. The van der Waals surface area contributed by atoms with Gasteiger partial charge in [0.15, 0.2) is 5.13 Å². The third kappa shape index (κ3) is 2.20. The van der Waals surface area contributed by atoms with E-state index in [1.54, 1.807) is 11.3 Å². The van der Waals surface area contributed by atoms with Crippen molar-refractivity contribution in [2.45, 2.75) is 57.6 Å². The van der Waals surface area contributed by atoms with Gasteiger partial charge >= 0.3 is 0 Å². The standard InChI is InChI=1S/C13H20N2OS/c1-9-4-2-3-7-15(9)13-14-12(10-5-6-10)11(8-16)17-13/h9-10,16H,2-8H2,1H3. The third-order valence-corrected chi connectivity index (χ3v) is 4.97. The van der Waals surface area contributed by atoms with E-state index in [1.165, 1.54) is 37.8 Å². The van der Waals surface area contributed by atoms with Crippen LogP contribution in [0, 0.1) is 0 Å². The van der Waals surface area contributed by atoms with E-state index in [-0.39, 0.29) is 6.61 Å². The molecule has 1 aromatic rings. The molecule has 1 aliphatic carbocycles. The molecule has 1 aromatic heterocycles. The van der Waals surface area contributed by atoms with Gasteiger partial charge in [0.05, 0.1) is 17.2 Å². The van der Waals surface area contributed by atoms with Crippen LogP contribution in [-0.4, -0.2) is 22.7 Å². The second kappa shape index (κ2) is 4.58. The van der Waals surface area contributed by atoms with Crippen molar-refractivity contribution in [3.63, 3.8) is 0 Å². The molecular weight excluding hydrogens is 232 g/mol. The van der Waals surface area contributed by atoms with Crippen molar-refractivity contribution < 1.29 is 5.11 Å². The van der Waals surface area contributed by atoms with E-state index >= 15 is 0 Å². The Labute approximate surface area is 106 Å². The quantitative estimate of drug-likeness (QED) is 0.898. The summed E-state index contributed by atoms with van der Waals surface area (Å²) in [4.78, 5) is 8.33. The molecule has 1 saturated heterocycles. The van der Waals surface area contributed by atoms with Crippen LogP contribution in [0.2, 0.25) is 0 Å². The molecule has 0 spiro atoms. The highest BCUT2D eigenvalue weighted by Crippen LogP contribution is 2.44. The Morgan fingerprint density at radius 2 is 2.18 bits per heavy atom. The maximum atomic E-state index is 9.42. The van der Waals surface area contributed by atoms with Gasteiger partial charge in [0, 0.05) is 18.5 Å². The number of piperidine rings is 1. The van der Waals surface area contributed by atoms with Gasteiger partial charge in [-0.15, -0.1) is 0 Å². The smallest absolute Gasteiger partial charge is 0.186 e. The summed E-state index contributed by atoms with van der Waals surface area (Å²) in [5, 5.41) is 10.6. The van der Waals surface area contributed by atoms with Gasteiger partial charge in [-0.2, -0.15) is 0 Å². The normalized spacial score (nSPS) is 25.3. The minimum absolute atomic E-state index is 0.158. The molecule has 2 aliphatic rings. The van der Waals surface area contributed by atoms with Gasteiger partial charge in [-0.05, 0) is 39.0 Å². The van der Waals surface area contributed by atoms with Crippen molar-refractivity contribution in [3.05, 3.63) is 10.6 Å². The Morgan fingerprint density at radius 3 is 2.82 bits per heavy atom. The molecule has 94 valence electrons. The third-order valence-electron chi connectivity index (χ3n) is 3.87. The fraction of sp³-hybridized carbons (Fsp3) is 0.769. The van der Waals surface area contributed by atoms with Gasteiger partial charge in [-0.3, -0.25) is 0 Å². The van der Waals surface area contributed by atoms with Crippen molar-refractivity contribution >= 4 is 16.5 Å². The van der Waals surface area contributed by atoms with Crippen molar-refractivity contribution in [3.8, 4) is 0 Å². The number of anilines is 1. The topological polar surface area (TPSA) is 36.4 Å². The number of aliphatic hydroxyl groups excluding tert-OH is 1. The molecule has 1 atom stereocenters. The van der Waals surface area contributed by atoms with Crippen LogP contribution in [0.25, 0.3) is 0 Å². The fourth-order valence-corrected chi connectivity index (χ4v) is 3.78. The highest BCUT2D eigenvalue weighted by atomic mass is 32.1. The van der Waals surface area contributed by atoms with E-state index in [1.807, 2.05) is 0 Å². The zero-order valence-electron chi connectivity index (χ0n) is 10.4. The van der Waals surface area contributed by atoms with Gasteiger partial charge in [-0.25, -0.2) is 4.98 Å². The van der Waals surface area contributed by atoms with Crippen LogP contribution < -0.4 is 4.90 Å². The van der Waals surface area contributed by atoms with E-state index in [4.69, 9.17) is 4.98 Å². The summed E-state index contributed by atoms with van der Waals surface area (Å²) in [6.45, 7) is 3.57. The van der Waals surface area contributed by atoms with E-state index in [9.17, 15) is 5.11 Å². The molecule has 2 fully saturated rings. The zero-order valence-corrected chi connectivity index (χ0v) is 11.2. The predicted molar refractivity (Wildman–Crippen MR) is 70.7 cm³/mol. The molecule has 1 N–H and O–H groups in total. The van der Waals surface area contributed by atoms with Crippen LogP contribution in [0.15, 0.2) is 0 Å². The molecule has 0 amide bonds. The molecule has 4 heteroatoms. The van der Waals surface area contributed by atoms with Crippen molar-refractivity contribution in [1.29, 1.82) is 0 Å². The molecule has 3 rings (SSSR count). The molecule has 2 heterocycles. The zero-order chi connectivity index (χ0) is 11.8. The lowest BCUT2D eigenvalue weighted by Crippen LogP contribution is -2.37. The largest absolute Gasteiger partial charge is 0.391 e. The lowest BCUT2D eigenvalue weighted by atomic mass is 10.1. The lowest BCUT2D eigenvalue weighted by molar-refractivity contribution is 0.284. The van der Waals surface area contributed by atoms with Gasteiger partial charge in [0.1, 0.15) is 0 Å².